The van der Waals surface area contributed by atoms with Crippen molar-refractivity contribution in [2.45, 2.75) is 82.4 Å². The summed E-state index contributed by atoms with van der Waals surface area (Å²) in [6.07, 6.45) is 3.78. The van der Waals surface area contributed by atoms with Crippen LogP contribution < -0.4 is 24.8 Å². The molecule has 1 aliphatic heterocycles. The lowest BCUT2D eigenvalue weighted by Crippen LogP contribution is -2.58. The summed E-state index contributed by atoms with van der Waals surface area (Å²) in [6.45, 7) is 11.5. The van der Waals surface area contributed by atoms with E-state index in [1.165, 1.54) is 11.0 Å². The van der Waals surface area contributed by atoms with Gasteiger partial charge in [-0.2, -0.15) is 0 Å². The number of hydrogen-bond donors (Lipinski definition) is 3. The van der Waals surface area contributed by atoms with Crippen molar-refractivity contribution in [1.82, 2.24) is 24.9 Å². The molecule has 3 fully saturated rings. The molecule has 3 amide bonds. The summed E-state index contributed by atoms with van der Waals surface area (Å²) in [5.74, 6) is -0.837. The number of aromatic nitrogens is 2. The monoisotopic (exact) mass is 704 g/mol. The molecular formula is C36H44N6O7S. The molecule has 6 rings (SSSR count). The smallest absolute Gasteiger partial charge is 0.259 e. The van der Waals surface area contributed by atoms with Gasteiger partial charge in [0.15, 0.2) is 0 Å². The second-order valence-electron chi connectivity index (χ2n) is 13.9. The third-order valence-corrected chi connectivity index (χ3v) is 11.5. The first-order chi connectivity index (χ1) is 23.7. The van der Waals surface area contributed by atoms with Gasteiger partial charge in [-0.25, -0.2) is 18.4 Å². The molecule has 5 atom stereocenters. The molecule has 0 unspecified atom stereocenters. The third-order valence-electron chi connectivity index (χ3n) is 9.64. The minimum atomic E-state index is -3.86. The molecule has 0 radical (unpaired) electrons. The Bertz CT molecular complexity index is 1930. The minimum absolute atomic E-state index is 0.0659. The van der Waals surface area contributed by atoms with Crippen molar-refractivity contribution in [3.63, 3.8) is 0 Å². The Labute approximate surface area is 292 Å². The number of pyridine rings is 2. The van der Waals surface area contributed by atoms with Gasteiger partial charge in [0.25, 0.3) is 5.91 Å². The van der Waals surface area contributed by atoms with Crippen LogP contribution in [0.4, 0.5) is 5.82 Å². The summed E-state index contributed by atoms with van der Waals surface area (Å²) in [5, 5.41) is 7.10. The SMILES string of the molecule is C=C[C@@H]1C[C@]1(NC(=O)[C@@H]1C[C@@H](Oc2nccc3cc(OC)ccc23)CN1C(=O)[C@H](Nc1cc(C)cc(C)n1)C(C)C)C(=O)NS(=O)(=O)C1CC1. The van der Waals surface area contributed by atoms with Crippen LogP contribution in [0.5, 0.6) is 11.6 Å². The van der Waals surface area contributed by atoms with Crippen LogP contribution in [0.2, 0.25) is 0 Å². The number of carbonyl (C=O) groups excluding carboxylic acids is 3. The Morgan fingerprint density at radius 1 is 1.12 bits per heavy atom. The van der Waals surface area contributed by atoms with Gasteiger partial charge in [-0.1, -0.05) is 19.9 Å². The quantitative estimate of drug-likeness (QED) is 0.224. The molecule has 3 N–H and O–H groups in total. The number of benzene rings is 1. The fourth-order valence-electron chi connectivity index (χ4n) is 6.67. The van der Waals surface area contributed by atoms with Gasteiger partial charge < -0.3 is 25.0 Å². The molecule has 1 saturated heterocycles. The average Bonchev–Trinajstić information content (AvgIpc) is 3.99. The molecular weight excluding hydrogens is 660 g/mol. The highest BCUT2D eigenvalue weighted by Gasteiger charge is 2.62. The number of aryl methyl sites for hydroxylation is 2. The second kappa shape index (κ2) is 13.5. The molecule has 0 spiro atoms. The van der Waals surface area contributed by atoms with Crippen LogP contribution >= 0.6 is 0 Å². The van der Waals surface area contributed by atoms with Crippen LogP contribution in [0, 0.1) is 25.7 Å². The summed E-state index contributed by atoms with van der Waals surface area (Å²) in [4.78, 5) is 52.6. The van der Waals surface area contributed by atoms with Gasteiger partial charge >= 0.3 is 0 Å². The Morgan fingerprint density at radius 3 is 2.52 bits per heavy atom. The number of carbonyl (C=O) groups is 3. The first-order valence-electron chi connectivity index (χ1n) is 16.9. The Hall–Kier alpha value is -4.72. The zero-order valence-corrected chi connectivity index (χ0v) is 29.7. The van der Waals surface area contributed by atoms with E-state index >= 15 is 0 Å². The maximum absolute atomic E-state index is 14.5. The van der Waals surface area contributed by atoms with E-state index in [-0.39, 0.29) is 31.2 Å². The highest BCUT2D eigenvalue weighted by Crippen LogP contribution is 2.45. The van der Waals surface area contributed by atoms with Crippen molar-refractivity contribution in [2.24, 2.45) is 11.8 Å². The minimum Gasteiger partial charge on any atom is -0.497 e. The predicted molar refractivity (Wildman–Crippen MR) is 188 cm³/mol. The number of nitrogens with zero attached hydrogens (tertiary/aromatic N) is 3. The second-order valence-corrected chi connectivity index (χ2v) is 15.9. The molecule has 2 saturated carbocycles. The van der Waals surface area contributed by atoms with Crippen LogP contribution in [-0.2, 0) is 24.4 Å². The van der Waals surface area contributed by atoms with Gasteiger partial charge in [-0.05, 0) is 86.4 Å². The number of methoxy groups -OCH3 is 1. The number of sulfonamides is 1. The highest BCUT2D eigenvalue weighted by atomic mass is 32.2. The van der Waals surface area contributed by atoms with E-state index in [0.717, 1.165) is 22.0 Å². The van der Waals surface area contributed by atoms with Gasteiger partial charge in [-0.15, -0.1) is 6.58 Å². The van der Waals surface area contributed by atoms with E-state index in [2.05, 4.69) is 31.9 Å². The van der Waals surface area contributed by atoms with Crippen LogP contribution in [0.1, 0.15) is 50.8 Å². The lowest BCUT2D eigenvalue weighted by molar-refractivity contribution is -0.140. The Balaban J connectivity index is 1.29. The number of hydrogen-bond acceptors (Lipinski definition) is 10. The molecule has 13 nitrogen and oxygen atoms in total. The standard InChI is InChI=1S/C36H44N6O7S/c1-7-24-18-36(24,35(45)41-50(46,47)27-9-10-27)40-32(43)29-17-26(49-33-28-11-8-25(48-6)16-23(28)12-13-37-33)19-42(29)34(44)31(20(2)3)39-30-15-21(4)14-22(5)38-30/h7-8,11-16,20,24,26-27,29,31H,1,9-10,17-19H2,2-6H3,(H,38,39)(H,40,43)(H,41,45)/t24-,26-,29+,31-,36-/m1/s1. The fraction of sp³-hybridized carbons (Fsp3) is 0.472. The van der Waals surface area contributed by atoms with Crippen molar-refractivity contribution in [1.29, 1.82) is 0 Å². The van der Waals surface area contributed by atoms with E-state index in [1.54, 1.807) is 19.4 Å². The maximum atomic E-state index is 14.5. The molecule has 2 aliphatic carbocycles. The Morgan fingerprint density at radius 2 is 1.88 bits per heavy atom. The molecule has 3 heterocycles. The van der Waals surface area contributed by atoms with Crippen molar-refractivity contribution >= 4 is 44.3 Å². The normalized spacial score (nSPS) is 23.6. The molecule has 0 bridgehead atoms. The van der Waals surface area contributed by atoms with E-state index < -0.39 is 56.7 Å². The van der Waals surface area contributed by atoms with Crippen molar-refractivity contribution in [2.75, 3.05) is 19.0 Å². The molecule has 1 aromatic carbocycles. The average molecular weight is 705 g/mol. The number of ether oxygens (including phenoxy) is 2. The van der Waals surface area contributed by atoms with Crippen molar-refractivity contribution < 1.29 is 32.3 Å². The van der Waals surface area contributed by atoms with Gasteiger partial charge in [0.2, 0.25) is 27.7 Å². The van der Waals surface area contributed by atoms with Gasteiger partial charge in [0.1, 0.15) is 35.3 Å². The predicted octanol–water partition coefficient (Wildman–Crippen LogP) is 3.41. The zero-order valence-electron chi connectivity index (χ0n) is 28.9. The topological polar surface area (TPSA) is 169 Å². The third kappa shape index (κ3) is 7.11. The first-order valence-corrected chi connectivity index (χ1v) is 18.4. The summed E-state index contributed by atoms with van der Waals surface area (Å²) in [5.41, 5.74) is 0.280. The zero-order chi connectivity index (χ0) is 36.0. The molecule has 266 valence electrons. The number of anilines is 1. The molecule has 50 heavy (non-hydrogen) atoms. The van der Waals surface area contributed by atoms with Crippen molar-refractivity contribution in [3.05, 3.63) is 66.5 Å². The molecule has 3 aliphatic rings. The maximum Gasteiger partial charge on any atom is 0.259 e. The van der Waals surface area contributed by atoms with Crippen LogP contribution in [0.15, 0.2) is 55.3 Å². The van der Waals surface area contributed by atoms with Crippen LogP contribution in [-0.4, -0.2) is 83.6 Å². The van der Waals surface area contributed by atoms with Gasteiger partial charge in [-0.3, -0.25) is 19.1 Å². The lowest BCUT2D eigenvalue weighted by atomic mass is 10.0. The van der Waals surface area contributed by atoms with Gasteiger partial charge in [0.05, 0.1) is 18.9 Å². The number of rotatable bonds is 13. The van der Waals surface area contributed by atoms with Crippen LogP contribution in [0.25, 0.3) is 10.8 Å². The van der Waals surface area contributed by atoms with Crippen LogP contribution in [0.3, 0.4) is 0 Å². The van der Waals surface area contributed by atoms with E-state index in [0.29, 0.717) is 30.3 Å². The van der Waals surface area contributed by atoms with Gasteiger partial charge in [0, 0.05) is 29.6 Å². The number of fused-ring (bicyclic) bond motifs is 1. The number of amides is 3. The summed E-state index contributed by atoms with van der Waals surface area (Å²) in [7, 11) is -2.27. The number of likely N-dealkylation sites (tertiary alicyclic amines) is 1. The lowest BCUT2D eigenvalue weighted by Gasteiger charge is -2.31. The molecule has 3 aromatic rings. The molecule has 2 aromatic heterocycles. The number of nitrogens with one attached hydrogen (secondary N) is 3. The largest absolute Gasteiger partial charge is 0.497 e. The molecule has 14 heteroatoms. The summed E-state index contributed by atoms with van der Waals surface area (Å²) >= 11 is 0. The fourth-order valence-corrected chi connectivity index (χ4v) is 8.03. The summed E-state index contributed by atoms with van der Waals surface area (Å²) in [6, 6.07) is 9.36. The highest BCUT2D eigenvalue weighted by molar-refractivity contribution is 7.91. The first kappa shape index (κ1) is 35.1. The Kier molecular flexibility index (Phi) is 9.51. The van der Waals surface area contributed by atoms with E-state index in [1.807, 2.05) is 58.0 Å². The van der Waals surface area contributed by atoms with Crippen molar-refractivity contribution in [3.8, 4) is 11.6 Å². The van der Waals surface area contributed by atoms with E-state index in [9.17, 15) is 22.8 Å². The summed E-state index contributed by atoms with van der Waals surface area (Å²) < 4.78 is 39.3. The van der Waals surface area contributed by atoms with E-state index in [4.69, 9.17) is 9.47 Å².